The molecule has 2 heterocycles. The molecule has 2 aromatic rings. The topological polar surface area (TPSA) is 42.0 Å². The van der Waals surface area contributed by atoms with Crippen LogP contribution >= 0.6 is 24.0 Å². The molecule has 1 saturated heterocycles. The maximum absolute atomic E-state index is 11.5. The molecule has 88 valence electrons. The molecule has 0 bridgehead atoms. The molecule has 1 aromatic heterocycles. The molecule has 1 amide bonds. The Morgan fingerprint density at radius 2 is 2.06 bits per heavy atom. The third-order valence-corrected chi connectivity index (χ3v) is 3.70. The fourth-order valence-corrected chi connectivity index (χ4v) is 2.75. The van der Waals surface area contributed by atoms with Crippen LogP contribution < -0.4 is 5.32 Å². The first kappa shape index (κ1) is 11.4. The molecular formula is C13H8N2OS2. The molecule has 1 aromatic carbocycles. The van der Waals surface area contributed by atoms with Gasteiger partial charge in [0.15, 0.2) is 0 Å². The van der Waals surface area contributed by atoms with Gasteiger partial charge in [-0.05, 0) is 18.2 Å². The highest BCUT2D eigenvalue weighted by Gasteiger charge is 2.22. The van der Waals surface area contributed by atoms with Crippen molar-refractivity contribution in [2.45, 2.75) is 0 Å². The zero-order valence-corrected chi connectivity index (χ0v) is 10.8. The molecule has 0 unspecified atom stereocenters. The van der Waals surface area contributed by atoms with Gasteiger partial charge >= 0.3 is 0 Å². The molecule has 0 atom stereocenters. The van der Waals surface area contributed by atoms with E-state index in [0.717, 1.165) is 16.6 Å². The fraction of sp³-hybridized carbons (Fsp3) is 0. The smallest absolute Gasteiger partial charge is 0.263 e. The van der Waals surface area contributed by atoms with Crippen LogP contribution in [0.1, 0.15) is 5.69 Å². The largest absolute Gasteiger partial charge is 0.307 e. The second-order valence-electron chi connectivity index (χ2n) is 3.78. The van der Waals surface area contributed by atoms with Gasteiger partial charge < -0.3 is 5.32 Å². The quantitative estimate of drug-likeness (QED) is 0.640. The van der Waals surface area contributed by atoms with E-state index in [9.17, 15) is 4.79 Å². The van der Waals surface area contributed by atoms with Crippen molar-refractivity contribution in [2.24, 2.45) is 0 Å². The van der Waals surface area contributed by atoms with Gasteiger partial charge in [0.25, 0.3) is 5.91 Å². The summed E-state index contributed by atoms with van der Waals surface area (Å²) in [6, 6.07) is 11.8. The minimum absolute atomic E-state index is 0.153. The van der Waals surface area contributed by atoms with E-state index in [1.165, 1.54) is 11.8 Å². The van der Waals surface area contributed by atoms with Crippen LogP contribution in [0.2, 0.25) is 0 Å². The number of thiocarbonyl (C=S) groups is 1. The fourth-order valence-electron chi connectivity index (χ4n) is 1.72. The zero-order chi connectivity index (χ0) is 12.5. The van der Waals surface area contributed by atoms with Crippen molar-refractivity contribution in [3.8, 4) is 0 Å². The molecule has 0 aliphatic carbocycles. The van der Waals surface area contributed by atoms with Gasteiger partial charge in [-0.25, -0.2) is 4.98 Å². The van der Waals surface area contributed by atoms with Crippen LogP contribution in [0.5, 0.6) is 0 Å². The van der Waals surface area contributed by atoms with Crippen LogP contribution in [-0.4, -0.2) is 15.2 Å². The number of hydrogen-bond donors (Lipinski definition) is 1. The number of thioether (sulfide) groups is 1. The first-order valence-corrected chi connectivity index (χ1v) is 6.55. The Morgan fingerprint density at radius 3 is 2.83 bits per heavy atom. The predicted octanol–water partition coefficient (Wildman–Crippen LogP) is 2.72. The van der Waals surface area contributed by atoms with Gasteiger partial charge in [-0.15, -0.1) is 0 Å². The highest BCUT2D eigenvalue weighted by Crippen LogP contribution is 2.25. The third-order valence-electron chi connectivity index (χ3n) is 2.54. The Bertz CT molecular complexity index is 694. The van der Waals surface area contributed by atoms with Crippen molar-refractivity contribution in [2.75, 3.05) is 0 Å². The molecule has 1 N–H and O–H groups in total. The average molecular weight is 272 g/mol. The maximum atomic E-state index is 11.5. The number of carbonyl (C=O) groups excluding carboxylic acids is 1. The highest BCUT2D eigenvalue weighted by atomic mass is 32.2. The lowest BCUT2D eigenvalue weighted by Gasteiger charge is -1.98. The first-order valence-electron chi connectivity index (χ1n) is 5.33. The summed E-state index contributed by atoms with van der Waals surface area (Å²) in [7, 11) is 0. The van der Waals surface area contributed by atoms with Crippen LogP contribution in [0, 0.1) is 0 Å². The van der Waals surface area contributed by atoms with Gasteiger partial charge in [-0.3, -0.25) is 4.79 Å². The molecule has 0 spiro atoms. The lowest BCUT2D eigenvalue weighted by molar-refractivity contribution is -0.115. The molecule has 3 rings (SSSR count). The average Bonchev–Trinajstić information content (AvgIpc) is 2.68. The first-order chi connectivity index (χ1) is 8.72. The molecule has 1 aliphatic rings. The summed E-state index contributed by atoms with van der Waals surface area (Å²) >= 11 is 6.20. The number of para-hydroxylation sites is 1. The number of rotatable bonds is 1. The second-order valence-corrected chi connectivity index (χ2v) is 5.50. The number of aromatic nitrogens is 1. The Hall–Kier alpha value is -1.72. The number of fused-ring (bicyclic) bond motifs is 1. The predicted molar refractivity (Wildman–Crippen MR) is 78.1 cm³/mol. The number of nitrogens with one attached hydrogen (secondary N) is 1. The van der Waals surface area contributed by atoms with Crippen LogP contribution in [-0.2, 0) is 4.79 Å². The Balaban J connectivity index is 2.02. The maximum Gasteiger partial charge on any atom is 0.263 e. The van der Waals surface area contributed by atoms with E-state index in [1.54, 1.807) is 6.08 Å². The molecule has 5 heteroatoms. The molecule has 3 nitrogen and oxygen atoms in total. The van der Waals surface area contributed by atoms with Gasteiger partial charge in [0.05, 0.1) is 16.1 Å². The monoisotopic (exact) mass is 272 g/mol. The van der Waals surface area contributed by atoms with Crippen molar-refractivity contribution >= 4 is 51.2 Å². The van der Waals surface area contributed by atoms with Gasteiger partial charge in [0, 0.05) is 5.39 Å². The van der Waals surface area contributed by atoms with E-state index in [-0.39, 0.29) is 5.91 Å². The van der Waals surface area contributed by atoms with Crippen molar-refractivity contribution in [3.63, 3.8) is 0 Å². The summed E-state index contributed by atoms with van der Waals surface area (Å²) < 4.78 is 0.493. The van der Waals surface area contributed by atoms with E-state index < -0.39 is 0 Å². The lowest BCUT2D eigenvalue weighted by atomic mass is 10.2. The van der Waals surface area contributed by atoms with E-state index in [4.69, 9.17) is 12.2 Å². The molecular weight excluding hydrogens is 264 g/mol. The number of nitrogens with zero attached hydrogens (tertiary/aromatic N) is 1. The minimum atomic E-state index is -0.153. The molecule has 18 heavy (non-hydrogen) atoms. The number of benzene rings is 1. The van der Waals surface area contributed by atoms with Crippen molar-refractivity contribution in [1.29, 1.82) is 0 Å². The molecule has 1 fully saturated rings. The Labute approximate surface area is 113 Å². The number of hydrogen-bond acceptors (Lipinski definition) is 4. The van der Waals surface area contributed by atoms with Gasteiger partial charge in [0.1, 0.15) is 4.32 Å². The van der Waals surface area contributed by atoms with Crippen LogP contribution in [0.4, 0.5) is 0 Å². The lowest BCUT2D eigenvalue weighted by Crippen LogP contribution is -2.17. The van der Waals surface area contributed by atoms with Gasteiger partial charge in [-0.1, -0.05) is 48.2 Å². The number of pyridine rings is 1. The summed E-state index contributed by atoms with van der Waals surface area (Å²) in [5.41, 5.74) is 1.67. The second kappa shape index (κ2) is 4.51. The van der Waals surface area contributed by atoms with E-state index in [2.05, 4.69) is 10.3 Å². The molecule has 0 saturated carbocycles. The van der Waals surface area contributed by atoms with E-state index in [0.29, 0.717) is 9.23 Å². The minimum Gasteiger partial charge on any atom is -0.307 e. The van der Waals surface area contributed by atoms with Crippen molar-refractivity contribution < 1.29 is 4.79 Å². The third kappa shape index (κ3) is 2.14. The van der Waals surface area contributed by atoms with Crippen molar-refractivity contribution in [1.82, 2.24) is 10.3 Å². The van der Waals surface area contributed by atoms with Gasteiger partial charge in [0.2, 0.25) is 0 Å². The van der Waals surface area contributed by atoms with Crippen LogP contribution in [0.15, 0.2) is 41.3 Å². The van der Waals surface area contributed by atoms with Gasteiger partial charge in [-0.2, -0.15) is 0 Å². The normalized spacial score (nSPS) is 17.4. The van der Waals surface area contributed by atoms with E-state index >= 15 is 0 Å². The van der Waals surface area contributed by atoms with Crippen LogP contribution in [0.3, 0.4) is 0 Å². The number of amides is 1. The Kier molecular flexibility index (Phi) is 2.85. The van der Waals surface area contributed by atoms with Crippen LogP contribution in [0.25, 0.3) is 17.0 Å². The summed E-state index contributed by atoms with van der Waals surface area (Å²) in [6.07, 6.45) is 1.76. The standard InChI is InChI=1S/C13H8N2OS2/c16-12-11(18-13(17)15-12)7-9-6-5-8-3-1-2-4-10(8)14-9/h1-7H,(H,15,16,17)/b11-7-. The molecule has 0 radical (unpaired) electrons. The SMILES string of the molecule is O=C1NC(=S)S/C1=C\c1ccc2ccccc2n1. The molecule has 1 aliphatic heterocycles. The summed E-state index contributed by atoms with van der Waals surface area (Å²) in [5, 5.41) is 3.67. The summed E-state index contributed by atoms with van der Waals surface area (Å²) in [4.78, 5) is 16.6. The van der Waals surface area contributed by atoms with E-state index in [1.807, 2.05) is 36.4 Å². The Morgan fingerprint density at radius 1 is 1.22 bits per heavy atom. The van der Waals surface area contributed by atoms with Crippen molar-refractivity contribution in [3.05, 3.63) is 47.0 Å². The summed E-state index contributed by atoms with van der Waals surface area (Å²) in [5.74, 6) is -0.153. The number of carbonyl (C=O) groups is 1. The highest BCUT2D eigenvalue weighted by molar-refractivity contribution is 8.26. The summed E-state index contributed by atoms with van der Waals surface area (Å²) in [6.45, 7) is 0. The zero-order valence-electron chi connectivity index (χ0n) is 9.21.